The summed E-state index contributed by atoms with van der Waals surface area (Å²) >= 11 is 0. The van der Waals surface area contributed by atoms with Crippen molar-refractivity contribution in [2.75, 3.05) is 9.80 Å². The molecule has 0 N–H and O–H groups in total. The van der Waals surface area contributed by atoms with E-state index < -0.39 is 0 Å². The Kier molecular flexibility index (Phi) is 9.89. The molecule has 0 atom stereocenters. The topological polar surface area (TPSA) is 24.6 Å². The Balaban J connectivity index is 1.25. The van der Waals surface area contributed by atoms with Crippen molar-refractivity contribution in [1.82, 2.24) is 4.57 Å². The van der Waals surface area contributed by atoms with E-state index in [1.54, 1.807) is 0 Å². The molecule has 5 heteroatoms. The maximum Gasteiger partial charge on any atom is 0.252 e. The number of furan rings is 1. The van der Waals surface area contributed by atoms with Crippen LogP contribution < -0.4 is 26.2 Å². The Morgan fingerprint density at radius 2 is 0.972 bits per heavy atom. The second kappa shape index (κ2) is 15.6. The molecule has 8 aromatic carbocycles. The lowest BCUT2D eigenvalue weighted by Gasteiger charge is -2.42. The molecule has 0 saturated heterocycles. The van der Waals surface area contributed by atoms with Crippen LogP contribution in [-0.4, -0.2) is 11.3 Å². The van der Waals surface area contributed by atoms with Gasteiger partial charge in [0.1, 0.15) is 5.58 Å². The minimum Gasteiger partial charge on any atom is -0.439 e. The van der Waals surface area contributed by atoms with E-state index in [2.05, 4.69) is 267 Å². The van der Waals surface area contributed by atoms with Crippen LogP contribution in [0.15, 0.2) is 174 Å². The van der Waals surface area contributed by atoms with Crippen LogP contribution in [0.2, 0.25) is 0 Å². The predicted molar refractivity (Wildman–Crippen MR) is 305 cm³/mol. The van der Waals surface area contributed by atoms with E-state index in [4.69, 9.17) is 4.42 Å². The van der Waals surface area contributed by atoms with Gasteiger partial charge in [0.15, 0.2) is 0 Å². The first-order valence-electron chi connectivity index (χ1n) is 25.5. The minimum atomic E-state index is -0.0889. The van der Waals surface area contributed by atoms with Crippen LogP contribution in [0.5, 0.6) is 0 Å². The number of rotatable bonds is 5. The summed E-state index contributed by atoms with van der Waals surface area (Å²) in [4.78, 5) is 5.09. The third kappa shape index (κ3) is 7.17. The molecule has 2 aliphatic rings. The molecular formula is C66H64BN3O. The summed E-state index contributed by atoms with van der Waals surface area (Å²) in [6, 6.07) is 64.5. The number of aromatic nitrogens is 1. The average molecular weight is 926 g/mol. The van der Waals surface area contributed by atoms with Gasteiger partial charge in [0, 0.05) is 44.8 Å². The number of nitrogens with zero attached hydrogens (tertiary/aromatic N) is 3. The number of hydrogen-bond acceptors (Lipinski definition) is 3. The Labute approximate surface area is 420 Å². The van der Waals surface area contributed by atoms with Gasteiger partial charge in [-0.1, -0.05) is 192 Å². The first kappa shape index (κ1) is 44.9. The lowest BCUT2D eigenvalue weighted by molar-refractivity contribution is 0.590. The normalized spacial score (nSPS) is 13.6. The lowest BCUT2D eigenvalue weighted by atomic mass is 9.33. The maximum atomic E-state index is 7.08. The second-order valence-corrected chi connectivity index (χ2v) is 24.3. The highest BCUT2D eigenvalue weighted by Crippen LogP contribution is 2.50. The summed E-state index contributed by atoms with van der Waals surface area (Å²) in [5.74, 6) is 0. The summed E-state index contributed by atoms with van der Waals surface area (Å²) in [7, 11) is 0. The van der Waals surface area contributed by atoms with Gasteiger partial charge in [0.2, 0.25) is 5.71 Å². The van der Waals surface area contributed by atoms with Gasteiger partial charge < -0.3 is 14.2 Å². The molecule has 0 spiro atoms. The van der Waals surface area contributed by atoms with Crippen molar-refractivity contribution in [3.63, 3.8) is 0 Å². The summed E-state index contributed by atoms with van der Waals surface area (Å²) in [5.41, 5.74) is 22.2. The molecule has 0 bridgehead atoms. The van der Waals surface area contributed by atoms with Crippen molar-refractivity contribution >= 4 is 90.2 Å². The fourth-order valence-electron chi connectivity index (χ4n) is 11.5. The van der Waals surface area contributed by atoms with Crippen LogP contribution in [0.1, 0.15) is 105 Å². The Hall–Kier alpha value is -7.24. The summed E-state index contributed by atoms with van der Waals surface area (Å²) in [6.45, 7) is 27.7. The largest absolute Gasteiger partial charge is 0.439 e. The van der Waals surface area contributed by atoms with Crippen molar-refractivity contribution < 1.29 is 4.42 Å². The first-order chi connectivity index (χ1) is 33.8. The fourth-order valence-corrected chi connectivity index (χ4v) is 11.5. The van der Waals surface area contributed by atoms with E-state index in [0.29, 0.717) is 0 Å². The third-order valence-electron chi connectivity index (χ3n) is 15.4. The molecular weight excluding hydrogens is 862 g/mol. The first-order valence-corrected chi connectivity index (χ1v) is 25.5. The molecule has 2 aliphatic heterocycles. The van der Waals surface area contributed by atoms with E-state index in [-0.39, 0.29) is 28.4 Å². The van der Waals surface area contributed by atoms with E-state index in [0.717, 1.165) is 56.2 Å². The molecule has 0 aliphatic carbocycles. The Bertz CT molecular complexity index is 3680. The monoisotopic (exact) mass is 926 g/mol. The Morgan fingerprint density at radius 3 is 1.61 bits per heavy atom. The van der Waals surface area contributed by atoms with Gasteiger partial charge >= 0.3 is 0 Å². The van der Waals surface area contributed by atoms with E-state index in [9.17, 15) is 0 Å². The molecule has 71 heavy (non-hydrogen) atoms. The van der Waals surface area contributed by atoms with Crippen LogP contribution in [-0.2, 0) is 21.7 Å². The van der Waals surface area contributed by atoms with Crippen molar-refractivity contribution in [1.29, 1.82) is 0 Å². The molecule has 4 heterocycles. The highest BCUT2D eigenvalue weighted by atomic mass is 16.3. The molecule has 10 aromatic rings. The molecule has 0 saturated carbocycles. The van der Waals surface area contributed by atoms with Gasteiger partial charge in [-0.05, 0) is 127 Å². The molecule has 352 valence electrons. The number of para-hydroxylation sites is 2. The number of fused-ring (bicyclic) bond motifs is 9. The summed E-state index contributed by atoms with van der Waals surface area (Å²) in [6.07, 6.45) is 0. The maximum absolute atomic E-state index is 7.08. The molecule has 12 rings (SSSR count). The van der Waals surface area contributed by atoms with Gasteiger partial charge in [0.25, 0.3) is 6.71 Å². The van der Waals surface area contributed by atoms with Crippen molar-refractivity contribution in [2.45, 2.75) is 105 Å². The molecule has 4 nitrogen and oxygen atoms in total. The standard InChI is InChI=1S/C66H64BN3O/c1-63(2,3)42-25-31-46(32-26-42)68(47-33-27-43(28-34-47)64(4,5)6)48-39-56-60-57(40-48)70-61-50(59-49-21-16-17-24-58(49)71-62(59)70)22-18-23-53(61)67(60)52-35-29-45(66(10,11)12)38-55(52)69(56)54-36-30-44(65(7,8)9)37-51(54)41-19-14-13-15-20-41/h13-40H,1-12H3. The summed E-state index contributed by atoms with van der Waals surface area (Å²) in [5, 5.41) is 3.51. The van der Waals surface area contributed by atoms with E-state index >= 15 is 0 Å². The van der Waals surface area contributed by atoms with Gasteiger partial charge in [0.05, 0.1) is 22.3 Å². The molecule has 0 unspecified atom stereocenters. The zero-order valence-electron chi connectivity index (χ0n) is 43.5. The van der Waals surface area contributed by atoms with Crippen LogP contribution in [0.3, 0.4) is 0 Å². The van der Waals surface area contributed by atoms with Gasteiger partial charge in [-0.2, -0.15) is 0 Å². The molecule has 0 radical (unpaired) electrons. The highest BCUT2D eigenvalue weighted by molar-refractivity contribution is 7.00. The number of hydrogen-bond donors (Lipinski definition) is 0. The predicted octanol–water partition coefficient (Wildman–Crippen LogP) is 16.5. The zero-order chi connectivity index (χ0) is 49.5. The van der Waals surface area contributed by atoms with Gasteiger partial charge in [-0.25, -0.2) is 0 Å². The second-order valence-electron chi connectivity index (χ2n) is 24.3. The SMILES string of the molecule is CC(C)(C)c1ccc(N(c2ccc(C(C)(C)C)cc2)c2cc3c4c(c2)-n2c5oc6ccccc6c5c5cccc(c52)B4c2ccc(C(C)(C)C)cc2N3c2ccc(C(C)(C)C)cc2-c2ccccc2)cc1. The van der Waals surface area contributed by atoms with Crippen LogP contribution in [0, 0.1) is 0 Å². The van der Waals surface area contributed by atoms with Gasteiger partial charge in [-0.3, -0.25) is 4.57 Å². The highest BCUT2D eigenvalue weighted by Gasteiger charge is 2.44. The number of benzene rings is 8. The molecule has 0 fully saturated rings. The van der Waals surface area contributed by atoms with E-state index in [1.807, 2.05) is 0 Å². The summed E-state index contributed by atoms with van der Waals surface area (Å²) < 4.78 is 9.55. The third-order valence-corrected chi connectivity index (χ3v) is 15.4. The quantitative estimate of drug-likeness (QED) is 0.161. The van der Waals surface area contributed by atoms with Crippen molar-refractivity contribution in [3.8, 4) is 16.8 Å². The van der Waals surface area contributed by atoms with E-state index in [1.165, 1.54) is 66.4 Å². The van der Waals surface area contributed by atoms with Crippen LogP contribution in [0.4, 0.5) is 34.1 Å². The van der Waals surface area contributed by atoms with Crippen LogP contribution >= 0.6 is 0 Å². The minimum absolute atomic E-state index is 0.00661. The van der Waals surface area contributed by atoms with Crippen molar-refractivity contribution in [3.05, 3.63) is 192 Å². The van der Waals surface area contributed by atoms with Crippen LogP contribution in [0.25, 0.3) is 49.8 Å². The number of anilines is 6. The molecule has 0 amide bonds. The zero-order valence-corrected chi connectivity index (χ0v) is 43.5. The lowest BCUT2D eigenvalue weighted by Crippen LogP contribution is -2.60. The van der Waals surface area contributed by atoms with Gasteiger partial charge in [-0.15, -0.1) is 0 Å². The smallest absolute Gasteiger partial charge is 0.252 e. The fraction of sp³-hybridized carbons (Fsp3) is 0.242. The molecule has 2 aromatic heterocycles. The van der Waals surface area contributed by atoms with Crippen molar-refractivity contribution in [2.24, 2.45) is 0 Å². The average Bonchev–Trinajstić information content (AvgIpc) is 3.88. The Morgan fingerprint density at radius 1 is 0.423 bits per heavy atom.